The smallest absolute Gasteiger partial charge is 0.0820 e. The zero-order valence-corrected chi connectivity index (χ0v) is 12.3. The number of hydrogen-bond acceptors (Lipinski definition) is 3. The first-order valence-corrected chi connectivity index (χ1v) is 7.07. The van der Waals surface area contributed by atoms with Crippen LogP contribution in [0.5, 0.6) is 0 Å². The number of benzene rings is 1. The van der Waals surface area contributed by atoms with Crippen LogP contribution < -0.4 is 11.3 Å². The Morgan fingerprint density at radius 1 is 1.22 bits per heavy atom. The molecule has 3 N–H and O–H groups in total. The Morgan fingerprint density at radius 2 is 1.94 bits per heavy atom. The maximum atomic E-state index is 6.34. The lowest BCUT2D eigenvalue weighted by Crippen LogP contribution is -2.29. The molecule has 0 aliphatic carbocycles. The van der Waals surface area contributed by atoms with E-state index in [1.807, 2.05) is 6.92 Å². The van der Waals surface area contributed by atoms with E-state index in [9.17, 15) is 0 Å². The third-order valence-corrected chi connectivity index (χ3v) is 5.09. The molecule has 0 aliphatic heterocycles. The average Bonchev–Trinajstić information content (AvgIpc) is 2.68. The fraction of sp³-hybridized carbons (Fsp3) is 0.286. The highest BCUT2D eigenvalue weighted by Crippen LogP contribution is 2.36. The van der Waals surface area contributed by atoms with Gasteiger partial charge in [-0.05, 0) is 48.4 Å². The average molecular weight is 281 g/mol. The maximum Gasteiger partial charge on any atom is 0.0820 e. The first kappa shape index (κ1) is 13.6. The Bertz CT molecular complexity index is 563. The van der Waals surface area contributed by atoms with E-state index >= 15 is 0 Å². The molecule has 1 atom stereocenters. The van der Waals surface area contributed by atoms with E-state index in [4.69, 9.17) is 17.4 Å². The number of aryl methyl sites for hydroxylation is 2. The molecule has 2 aromatic rings. The van der Waals surface area contributed by atoms with Crippen molar-refractivity contribution in [2.24, 2.45) is 5.84 Å². The van der Waals surface area contributed by atoms with Gasteiger partial charge in [-0.3, -0.25) is 5.84 Å². The van der Waals surface area contributed by atoms with Crippen LogP contribution in [0.1, 0.15) is 33.2 Å². The van der Waals surface area contributed by atoms with Gasteiger partial charge < -0.3 is 0 Å². The van der Waals surface area contributed by atoms with Crippen molar-refractivity contribution in [2.75, 3.05) is 0 Å². The highest BCUT2D eigenvalue weighted by molar-refractivity contribution is 7.10. The molecule has 2 nitrogen and oxygen atoms in total. The van der Waals surface area contributed by atoms with Crippen molar-refractivity contribution in [1.82, 2.24) is 5.43 Å². The topological polar surface area (TPSA) is 38.0 Å². The number of hydrazine groups is 1. The minimum atomic E-state index is -0.0453. The normalized spacial score (nSPS) is 12.7. The van der Waals surface area contributed by atoms with Gasteiger partial charge in [-0.2, -0.15) is 0 Å². The number of thiophene rings is 1. The van der Waals surface area contributed by atoms with Crippen LogP contribution >= 0.6 is 22.9 Å². The summed E-state index contributed by atoms with van der Waals surface area (Å²) >= 11 is 7.98. The summed E-state index contributed by atoms with van der Waals surface area (Å²) < 4.78 is 0. The molecule has 1 aromatic carbocycles. The van der Waals surface area contributed by atoms with Gasteiger partial charge in [-0.25, -0.2) is 5.43 Å². The van der Waals surface area contributed by atoms with Crippen LogP contribution in [0.2, 0.25) is 5.02 Å². The Labute approximate surface area is 117 Å². The van der Waals surface area contributed by atoms with Gasteiger partial charge in [-0.1, -0.05) is 29.8 Å². The van der Waals surface area contributed by atoms with E-state index in [-0.39, 0.29) is 6.04 Å². The lowest BCUT2D eigenvalue weighted by Gasteiger charge is -2.19. The van der Waals surface area contributed by atoms with Gasteiger partial charge in [0.1, 0.15) is 0 Å². The predicted molar refractivity (Wildman–Crippen MR) is 79.1 cm³/mol. The molecular weight excluding hydrogens is 264 g/mol. The first-order chi connectivity index (χ1) is 8.56. The third kappa shape index (κ3) is 2.31. The monoisotopic (exact) mass is 280 g/mol. The molecule has 1 unspecified atom stereocenters. The summed E-state index contributed by atoms with van der Waals surface area (Å²) in [6.07, 6.45) is 0. The largest absolute Gasteiger partial charge is 0.271 e. The molecule has 0 amide bonds. The maximum absolute atomic E-state index is 6.34. The molecule has 0 bridgehead atoms. The van der Waals surface area contributed by atoms with Crippen LogP contribution in [0.25, 0.3) is 0 Å². The zero-order valence-electron chi connectivity index (χ0n) is 10.8. The van der Waals surface area contributed by atoms with E-state index in [2.05, 4.69) is 42.9 Å². The zero-order chi connectivity index (χ0) is 13.3. The molecule has 1 heterocycles. The van der Waals surface area contributed by atoms with Crippen molar-refractivity contribution in [2.45, 2.75) is 26.8 Å². The summed E-state index contributed by atoms with van der Waals surface area (Å²) in [5.74, 6) is 5.73. The van der Waals surface area contributed by atoms with Gasteiger partial charge in [0.05, 0.1) is 11.1 Å². The van der Waals surface area contributed by atoms with Gasteiger partial charge in [0.2, 0.25) is 0 Å². The van der Waals surface area contributed by atoms with Gasteiger partial charge in [0.15, 0.2) is 0 Å². The Hall–Kier alpha value is -0.870. The van der Waals surface area contributed by atoms with Crippen molar-refractivity contribution >= 4 is 22.9 Å². The molecule has 0 aliphatic rings. The fourth-order valence-electron chi connectivity index (χ4n) is 2.04. The second kappa shape index (κ2) is 5.41. The molecule has 18 heavy (non-hydrogen) atoms. The predicted octanol–water partition coefficient (Wildman–Crippen LogP) is 3.88. The van der Waals surface area contributed by atoms with Crippen molar-refractivity contribution in [1.29, 1.82) is 0 Å². The van der Waals surface area contributed by atoms with Crippen LogP contribution in [0.3, 0.4) is 0 Å². The van der Waals surface area contributed by atoms with Crippen LogP contribution in [0, 0.1) is 20.8 Å². The molecule has 96 valence electrons. The highest BCUT2D eigenvalue weighted by Gasteiger charge is 2.20. The molecular formula is C14H17ClN2S. The van der Waals surface area contributed by atoms with Crippen LogP contribution in [-0.4, -0.2) is 0 Å². The lowest BCUT2D eigenvalue weighted by atomic mass is 9.96. The standard InChI is InChI=1S/C14H17ClN2S/c1-8-5-4-6-11(10(8)3)13(17-16)14-12(15)9(2)7-18-14/h4-7,13,17H,16H2,1-3H3. The molecule has 0 saturated carbocycles. The second-order valence-corrected chi connectivity index (χ2v) is 5.77. The molecule has 2 rings (SSSR count). The summed E-state index contributed by atoms with van der Waals surface area (Å²) in [4.78, 5) is 1.07. The minimum absolute atomic E-state index is 0.0453. The van der Waals surface area contributed by atoms with Crippen LogP contribution in [-0.2, 0) is 0 Å². The van der Waals surface area contributed by atoms with Gasteiger partial charge >= 0.3 is 0 Å². The van der Waals surface area contributed by atoms with Gasteiger partial charge in [0.25, 0.3) is 0 Å². The SMILES string of the molecule is Cc1cccc(C(NN)c2scc(C)c2Cl)c1C. The number of halogens is 1. The van der Waals surface area contributed by atoms with Crippen LogP contribution in [0.15, 0.2) is 23.6 Å². The molecule has 1 aromatic heterocycles. The van der Waals surface area contributed by atoms with Crippen molar-refractivity contribution in [3.05, 3.63) is 55.7 Å². The summed E-state index contributed by atoms with van der Waals surface area (Å²) in [7, 11) is 0. The number of rotatable bonds is 3. The fourth-order valence-corrected chi connectivity index (χ4v) is 3.42. The highest BCUT2D eigenvalue weighted by atomic mass is 35.5. The molecule has 0 fully saturated rings. The van der Waals surface area contributed by atoms with Crippen molar-refractivity contribution in [3.63, 3.8) is 0 Å². The minimum Gasteiger partial charge on any atom is -0.271 e. The van der Waals surface area contributed by atoms with Crippen molar-refractivity contribution in [3.8, 4) is 0 Å². The van der Waals surface area contributed by atoms with E-state index < -0.39 is 0 Å². The third-order valence-electron chi connectivity index (χ3n) is 3.31. The molecule has 4 heteroatoms. The Kier molecular flexibility index (Phi) is 4.07. The van der Waals surface area contributed by atoms with Gasteiger partial charge in [-0.15, -0.1) is 11.3 Å². The lowest BCUT2D eigenvalue weighted by molar-refractivity contribution is 0.642. The van der Waals surface area contributed by atoms with E-state index in [1.54, 1.807) is 11.3 Å². The first-order valence-electron chi connectivity index (χ1n) is 5.82. The Balaban J connectivity index is 2.52. The Morgan fingerprint density at radius 3 is 2.50 bits per heavy atom. The van der Waals surface area contributed by atoms with Gasteiger partial charge in [0, 0.05) is 4.88 Å². The number of nitrogens with two attached hydrogens (primary N) is 1. The van der Waals surface area contributed by atoms with E-state index in [0.717, 1.165) is 15.5 Å². The van der Waals surface area contributed by atoms with Crippen molar-refractivity contribution < 1.29 is 0 Å². The summed E-state index contributed by atoms with van der Waals surface area (Å²) in [5.41, 5.74) is 7.68. The van der Waals surface area contributed by atoms with E-state index in [0.29, 0.717) is 0 Å². The summed E-state index contributed by atoms with van der Waals surface area (Å²) in [6, 6.07) is 6.21. The molecule has 0 spiro atoms. The summed E-state index contributed by atoms with van der Waals surface area (Å²) in [6.45, 7) is 6.23. The number of nitrogens with one attached hydrogen (secondary N) is 1. The quantitative estimate of drug-likeness (QED) is 0.661. The second-order valence-electron chi connectivity index (χ2n) is 4.49. The van der Waals surface area contributed by atoms with E-state index in [1.165, 1.54) is 16.7 Å². The molecule has 0 saturated heterocycles. The molecule has 0 radical (unpaired) electrons. The van der Waals surface area contributed by atoms with Crippen LogP contribution in [0.4, 0.5) is 0 Å². The summed E-state index contributed by atoms with van der Waals surface area (Å²) in [5, 5.41) is 2.87. The number of hydrogen-bond donors (Lipinski definition) is 2.